The third-order valence-electron chi connectivity index (χ3n) is 3.17. The summed E-state index contributed by atoms with van der Waals surface area (Å²) >= 11 is 0. The second kappa shape index (κ2) is 3.25. The first-order valence-corrected chi connectivity index (χ1v) is 5.42. The lowest BCUT2D eigenvalue weighted by atomic mass is 10.1. The molecule has 3 rings (SSSR count). The molecule has 1 heterocycles. The van der Waals surface area contributed by atoms with Gasteiger partial charge in [0.1, 0.15) is 0 Å². The van der Waals surface area contributed by atoms with Crippen LogP contribution in [0.1, 0.15) is 24.4 Å². The van der Waals surface area contributed by atoms with Gasteiger partial charge in [-0.15, -0.1) is 0 Å². The van der Waals surface area contributed by atoms with Crippen LogP contribution in [0, 0.1) is 5.92 Å². The van der Waals surface area contributed by atoms with Gasteiger partial charge in [-0.1, -0.05) is 42.0 Å². The van der Waals surface area contributed by atoms with Crippen molar-refractivity contribution in [3.8, 4) is 0 Å². The van der Waals surface area contributed by atoms with Gasteiger partial charge in [0.2, 0.25) is 0 Å². The predicted octanol–water partition coefficient (Wildman–Crippen LogP) is 2.67. The van der Waals surface area contributed by atoms with Crippen LogP contribution in [0.5, 0.6) is 0 Å². The van der Waals surface area contributed by atoms with Crippen molar-refractivity contribution >= 4 is 0 Å². The fourth-order valence-corrected chi connectivity index (χ4v) is 2.17. The summed E-state index contributed by atoms with van der Waals surface area (Å²) in [4.78, 5) is 0. The molecular formula is C13H15N. The SMILES string of the molecule is C1=C(C2CC2)CN[C@@H]1c1ccccc1. The summed E-state index contributed by atoms with van der Waals surface area (Å²) in [5.74, 6) is 0.913. The normalized spacial score (nSPS) is 26.3. The highest BCUT2D eigenvalue weighted by atomic mass is 14.9. The highest BCUT2D eigenvalue weighted by Gasteiger charge is 2.29. The van der Waals surface area contributed by atoms with Crippen molar-refractivity contribution in [1.29, 1.82) is 0 Å². The predicted molar refractivity (Wildman–Crippen MR) is 58.0 cm³/mol. The maximum Gasteiger partial charge on any atom is 0.0511 e. The fourth-order valence-electron chi connectivity index (χ4n) is 2.17. The first-order chi connectivity index (χ1) is 6.93. The lowest BCUT2D eigenvalue weighted by Crippen LogP contribution is -2.14. The third kappa shape index (κ3) is 1.48. The van der Waals surface area contributed by atoms with E-state index in [1.807, 2.05) is 0 Å². The van der Waals surface area contributed by atoms with Crippen LogP contribution >= 0.6 is 0 Å². The molecule has 0 saturated heterocycles. The molecule has 1 N–H and O–H groups in total. The van der Waals surface area contributed by atoms with Crippen molar-refractivity contribution in [1.82, 2.24) is 5.32 Å². The van der Waals surface area contributed by atoms with E-state index < -0.39 is 0 Å². The van der Waals surface area contributed by atoms with E-state index in [2.05, 4.69) is 41.7 Å². The molecule has 14 heavy (non-hydrogen) atoms. The molecule has 72 valence electrons. The van der Waals surface area contributed by atoms with Gasteiger partial charge in [-0.2, -0.15) is 0 Å². The highest BCUT2D eigenvalue weighted by Crippen LogP contribution is 2.39. The molecule has 1 saturated carbocycles. The second-order valence-electron chi connectivity index (χ2n) is 4.29. The Morgan fingerprint density at radius 3 is 2.57 bits per heavy atom. The van der Waals surface area contributed by atoms with E-state index in [1.165, 1.54) is 18.4 Å². The van der Waals surface area contributed by atoms with E-state index in [9.17, 15) is 0 Å². The van der Waals surface area contributed by atoms with Crippen LogP contribution in [0.15, 0.2) is 42.0 Å². The van der Waals surface area contributed by atoms with Gasteiger partial charge in [0.15, 0.2) is 0 Å². The Bertz CT molecular complexity index is 349. The smallest absolute Gasteiger partial charge is 0.0511 e. The summed E-state index contributed by atoms with van der Waals surface area (Å²) < 4.78 is 0. The van der Waals surface area contributed by atoms with Gasteiger partial charge in [0, 0.05) is 6.54 Å². The Kier molecular flexibility index (Phi) is 1.91. The highest BCUT2D eigenvalue weighted by molar-refractivity contribution is 5.31. The summed E-state index contributed by atoms with van der Waals surface area (Å²) in [6.07, 6.45) is 5.25. The molecule has 1 atom stereocenters. The molecule has 0 amide bonds. The molecule has 1 fully saturated rings. The van der Waals surface area contributed by atoms with Gasteiger partial charge < -0.3 is 5.32 Å². The Hall–Kier alpha value is -1.08. The molecule has 1 aliphatic carbocycles. The number of benzene rings is 1. The van der Waals surface area contributed by atoms with Crippen molar-refractivity contribution < 1.29 is 0 Å². The van der Waals surface area contributed by atoms with Crippen molar-refractivity contribution in [2.24, 2.45) is 5.92 Å². The molecule has 1 aromatic carbocycles. The lowest BCUT2D eigenvalue weighted by Gasteiger charge is -2.07. The minimum Gasteiger partial charge on any atom is -0.303 e. The van der Waals surface area contributed by atoms with Crippen molar-refractivity contribution in [2.45, 2.75) is 18.9 Å². The van der Waals surface area contributed by atoms with Gasteiger partial charge in [-0.05, 0) is 24.3 Å². The van der Waals surface area contributed by atoms with Gasteiger partial charge >= 0.3 is 0 Å². The molecular weight excluding hydrogens is 170 g/mol. The Balaban J connectivity index is 1.81. The first-order valence-electron chi connectivity index (χ1n) is 5.42. The molecule has 1 aromatic rings. The molecule has 0 spiro atoms. The minimum atomic E-state index is 0.465. The van der Waals surface area contributed by atoms with Gasteiger partial charge in [0.25, 0.3) is 0 Å². The van der Waals surface area contributed by atoms with Crippen molar-refractivity contribution in [2.75, 3.05) is 6.54 Å². The molecule has 1 heteroatoms. The van der Waals surface area contributed by atoms with Crippen LogP contribution in [-0.4, -0.2) is 6.54 Å². The Morgan fingerprint density at radius 2 is 1.86 bits per heavy atom. The summed E-state index contributed by atoms with van der Waals surface area (Å²) in [5, 5.41) is 3.55. The largest absolute Gasteiger partial charge is 0.303 e. The van der Waals surface area contributed by atoms with Crippen LogP contribution < -0.4 is 5.32 Å². The monoisotopic (exact) mass is 185 g/mol. The Labute approximate surface area is 84.8 Å². The van der Waals surface area contributed by atoms with Gasteiger partial charge in [-0.3, -0.25) is 0 Å². The van der Waals surface area contributed by atoms with Crippen LogP contribution in [0.3, 0.4) is 0 Å². The van der Waals surface area contributed by atoms with Crippen LogP contribution in [0.4, 0.5) is 0 Å². The molecule has 0 bridgehead atoms. The van der Waals surface area contributed by atoms with Crippen LogP contribution in [0.2, 0.25) is 0 Å². The first kappa shape index (κ1) is 8.25. The zero-order valence-electron chi connectivity index (χ0n) is 8.24. The average molecular weight is 185 g/mol. The molecule has 0 aromatic heterocycles. The summed E-state index contributed by atoms with van der Waals surface area (Å²) in [5.41, 5.74) is 3.03. The standard InChI is InChI=1S/C13H15N/c1-2-4-11(5-3-1)13-8-12(9-14-13)10-6-7-10/h1-5,8,10,13-14H,6-7,9H2/t13-/m0/s1. The molecule has 2 aliphatic rings. The summed E-state index contributed by atoms with van der Waals surface area (Å²) in [6.45, 7) is 1.10. The summed E-state index contributed by atoms with van der Waals surface area (Å²) in [6, 6.07) is 11.2. The second-order valence-corrected chi connectivity index (χ2v) is 4.29. The van der Waals surface area contributed by atoms with E-state index in [0.29, 0.717) is 6.04 Å². The molecule has 0 unspecified atom stereocenters. The molecule has 1 nitrogen and oxygen atoms in total. The zero-order chi connectivity index (χ0) is 9.38. The average Bonchev–Trinajstić information content (AvgIpc) is 2.98. The fraction of sp³-hybridized carbons (Fsp3) is 0.385. The number of nitrogens with one attached hydrogen (secondary N) is 1. The van der Waals surface area contributed by atoms with E-state index in [0.717, 1.165) is 12.5 Å². The summed E-state index contributed by atoms with van der Waals surface area (Å²) in [7, 11) is 0. The van der Waals surface area contributed by atoms with Gasteiger partial charge in [-0.25, -0.2) is 0 Å². The number of hydrogen-bond donors (Lipinski definition) is 1. The van der Waals surface area contributed by atoms with Crippen LogP contribution in [0.25, 0.3) is 0 Å². The maximum absolute atomic E-state index is 3.55. The maximum atomic E-state index is 3.55. The number of hydrogen-bond acceptors (Lipinski definition) is 1. The van der Waals surface area contributed by atoms with Crippen molar-refractivity contribution in [3.05, 3.63) is 47.5 Å². The van der Waals surface area contributed by atoms with Crippen molar-refractivity contribution in [3.63, 3.8) is 0 Å². The van der Waals surface area contributed by atoms with E-state index in [-0.39, 0.29) is 0 Å². The number of rotatable bonds is 2. The van der Waals surface area contributed by atoms with Gasteiger partial charge in [0.05, 0.1) is 6.04 Å². The molecule has 1 aliphatic heterocycles. The topological polar surface area (TPSA) is 12.0 Å². The third-order valence-corrected chi connectivity index (χ3v) is 3.17. The lowest BCUT2D eigenvalue weighted by molar-refractivity contribution is 0.701. The van der Waals surface area contributed by atoms with Crippen LogP contribution in [-0.2, 0) is 0 Å². The van der Waals surface area contributed by atoms with E-state index >= 15 is 0 Å². The quantitative estimate of drug-likeness (QED) is 0.698. The zero-order valence-corrected chi connectivity index (χ0v) is 8.24. The molecule has 0 radical (unpaired) electrons. The Morgan fingerprint density at radius 1 is 1.07 bits per heavy atom. The minimum absolute atomic E-state index is 0.465. The van der Waals surface area contributed by atoms with E-state index in [1.54, 1.807) is 5.57 Å². The van der Waals surface area contributed by atoms with E-state index in [4.69, 9.17) is 0 Å².